The molecule has 0 spiro atoms. The Kier molecular flexibility index (Phi) is 6.54. The topological polar surface area (TPSA) is 75.5 Å². The molecule has 6 heterocycles. The molecule has 4 aromatic rings. The quantitative estimate of drug-likeness (QED) is 0.289. The van der Waals surface area contributed by atoms with E-state index >= 15 is 0 Å². The number of nitrogens with one attached hydrogen (secondary N) is 1. The lowest BCUT2D eigenvalue weighted by Gasteiger charge is -2.21. The van der Waals surface area contributed by atoms with Gasteiger partial charge < -0.3 is 10.1 Å². The van der Waals surface area contributed by atoms with Gasteiger partial charge >= 0.3 is 0 Å². The van der Waals surface area contributed by atoms with Gasteiger partial charge in [0.1, 0.15) is 17.3 Å². The predicted molar refractivity (Wildman–Crippen MR) is 159 cm³/mol. The summed E-state index contributed by atoms with van der Waals surface area (Å²) in [5.41, 5.74) is 9.38. The van der Waals surface area contributed by atoms with E-state index in [9.17, 15) is 8.78 Å². The number of rotatable bonds is 6. The van der Waals surface area contributed by atoms with Crippen LogP contribution < -0.4 is 10.1 Å². The monoisotopic (exact) mass is 564 g/mol. The zero-order valence-electron chi connectivity index (χ0n) is 23.4. The molecule has 1 N–H and O–H groups in total. The molecule has 212 valence electrons. The Hall–Kier alpha value is -4.50. The van der Waals surface area contributed by atoms with Crippen LogP contribution in [-0.4, -0.2) is 51.7 Å². The number of allylic oxidation sites excluding steroid dienone is 2. The smallest absolute Gasteiger partial charge is 0.261 e. The standard InChI is InChI=1S/C33H30F2N6O/c1-20-25-6-8-28(23-14-21(16-36-17-23)18-41-13-11-33(34,35)19-41)39-30(25)31(38-20)29-9-7-27-26(10-12-37-32(27)40-29)22-4-3-5-24(15-22)42-2/h3-6,8-10,12,14-17,20H,7,11,13,18-19H2,1-2H3,(H,37,40)/t20-/m0/s1. The predicted octanol–water partition coefficient (Wildman–Crippen LogP) is 6.47. The number of anilines is 1. The lowest BCUT2D eigenvalue weighted by atomic mass is 9.95. The zero-order chi connectivity index (χ0) is 28.8. The number of methoxy groups -OCH3 is 1. The SMILES string of the molecule is COc1cccc(-c2ccnc3c2CC=C(C2=N[C@@H](C)c4ccc(-c5cncc(CN6CCC(F)(F)C6)c5)nc42)N3)c1. The van der Waals surface area contributed by atoms with Gasteiger partial charge in [-0.1, -0.05) is 24.3 Å². The normalized spacial score (nSPS) is 19.0. The molecule has 1 fully saturated rings. The molecule has 0 radical (unpaired) electrons. The Morgan fingerprint density at radius 1 is 1.10 bits per heavy atom. The largest absolute Gasteiger partial charge is 0.497 e. The number of likely N-dealkylation sites (tertiary alicyclic amines) is 1. The Morgan fingerprint density at radius 3 is 2.83 bits per heavy atom. The van der Waals surface area contributed by atoms with Crippen molar-refractivity contribution < 1.29 is 13.5 Å². The van der Waals surface area contributed by atoms with Crippen molar-refractivity contribution in [2.75, 3.05) is 25.5 Å². The lowest BCUT2D eigenvalue weighted by Crippen LogP contribution is -2.24. The second-order valence-corrected chi connectivity index (χ2v) is 11.1. The molecule has 1 saturated heterocycles. The van der Waals surface area contributed by atoms with Crippen LogP contribution in [0.5, 0.6) is 5.75 Å². The summed E-state index contributed by atoms with van der Waals surface area (Å²) in [5.74, 6) is -1.01. The Labute approximate surface area is 243 Å². The molecule has 0 bridgehead atoms. The van der Waals surface area contributed by atoms with Crippen molar-refractivity contribution in [1.29, 1.82) is 0 Å². The molecule has 7 rings (SSSR count). The number of aromatic nitrogens is 3. The molecule has 3 aliphatic heterocycles. The van der Waals surface area contributed by atoms with Gasteiger partial charge in [0, 0.05) is 54.8 Å². The van der Waals surface area contributed by atoms with Crippen molar-refractivity contribution in [2.24, 2.45) is 4.99 Å². The second-order valence-electron chi connectivity index (χ2n) is 11.1. The van der Waals surface area contributed by atoms with Crippen molar-refractivity contribution in [2.45, 2.75) is 38.3 Å². The summed E-state index contributed by atoms with van der Waals surface area (Å²) < 4.78 is 32.8. The Morgan fingerprint density at radius 2 is 2.00 bits per heavy atom. The summed E-state index contributed by atoms with van der Waals surface area (Å²) in [6.45, 7) is 2.67. The Bertz CT molecular complexity index is 1750. The third kappa shape index (κ3) is 4.94. The van der Waals surface area contributed by atoms with E-state index in [4.69, 9.17) is 14.7 Å². The van der Waals surface area contributed by atoms with Crippen LogP contribution in [0, 0.1) is 0 Å². The maximum absolute atomic E-state index is 13.7. The van der Waals surface area contributed by atoms with Crippen molar-refractivity contribution in [3.8, 4) is 28.1 Å². The van der Waals surface area contributed by atoms with Gasteiger partial charge in [0.25, 0.3) is 5.92 Å². The summed E-state index contributed by atoms with van der Waals surface area (Å²) >= 11 is 0. The number of nitrogens with zero attached hydrogens (tertiary/aromatic N) is 5. The fourth-order valence-corrected chi connectivity index (χ4v) is 6.00. The zero-order valence-corrected chi connectivity index (χ0v) is 23.4. The van der Waals surface area contributed by atoms with E-state index in [1.165, 1.54) is 0 Å². The van der Waals surface area contributed by atoms with E-state index in [1.807, 2.05) is 42.6 Å². The molecule has 42 heavy (non-hydrogen) atoms. The molecular formula is C33H30F2N6O. The lowest BCUT2D eigenvalue weighted by molar-refractivity contribution is 0.0115. The summed E-state index contributed by atoms with van der Waals surface area (Å²) in [4.78, 5) is 20.9. The van der Waals surface area contributed by atoms with E-state index in [2.05, 4.69) is 40.4 Å². The van der Waals surface area contributed by atoms with Crippen LogP contribution in [0.1, 0.15) is 41.8 Å². The molecule has 7 nitrogen and oxygen atoms in total. The van der Waals surface area contributed by atoms with E-state index in [0.717, 1.165) is 67.7 Å². The van der Waals surface area contributed by atoms with Crippen molar-refractivity contribution >= 4 is 11.5 Å². The maximum atomic E-state index is 13.7. The van der Waals surface area contributed by atoms with Gasteiger partial charge in [-0.05, 0) is 60.4 Å². The van der Waals surface area contributed by atoms with Crippen LogP contribution in [0.25, 0.3) is 22.4 Å². The molecule has 0 amide bonds. The van der Waals surface area contributed by atoms with Crippen LogP contribution in [0.2, 0.25) is 0 Å². The van der Waals surface area contributed by atoms with Crippen LogP contribution in [0.4, 0.5) is 14.6 Å². The fraction of sp³-hybridized carbons (Fsp3) is 0.273. The van der Waals surface area contributed by atoms with Gasteiger partial charge in [0.05, 0.1) is 36.8 Å². The average Bonchev–Trinajstić information content (AvgIpc) is 3.53. The summed E-state index contributed by atoms with van der Waals surface area (Å²) in [5, 5.41) is 3.52. The third-order valence-electron chi connectivity index (χ3n) is 8.12. The fourth-order valence-electron chi connectivity index (χ4n) is 6.00. The van der Waals surface area contributed by atoms with Gasteiger partial charge in [-0.3, -0.25) is 14.9 Å². The van der Waals surface area contributed by atoms with Crippen molar-refractivity contribution in [3.63, 3.8) is 0 Å². The number of halogens is 2. The minimum Gasteiger partial charge on any atom is -0.497 e. The van der Waals surface area contributed by atoms with Crippen molar-refractivity contribution in [3.05, 3.63) is 101 Å². The molecule has 3 aliphatic rings. The average molecular weight is 565 g/mol. The molecule has 0 saturated carbocycles. The summed E-state index contributed by atoms with van der Waals surface area (Å²) in [7, 11) is 1.67. The summed E-state index contributed by atoms with van der Waals surface area (Å²) in [6.07, 6.45) is 8.07. The number of aliphatic imine (C=N–C) groups is 1. The van der Waals surface area contributed by atoms with Crippen molar-refractivity contribution in [1.82, 2.24) is 19.9 Å². The highest BCUT2D eigenvalue weighted by Crippen LogP contribution is 2.37. The number of ether oxygens (including phenoxy) is 1. The number of benzene rings is 1. The minimum atomic E-state index is -2.62. The third-order valence-corrected chi connectivity index (χ3v) is 8.12. The molecule has 1 aromatic carbocycles. The van der Waals surface area contributed by atoms with Gasteiger partial charge in [0.15, 0.2) is 0 Å². The van der Waals surface area contributed by atoms with E-state index in [1.54, 1.807) is 24.4 Å². The maximum Gasteiger partial charge on any atom is 0.261 e. The first kappa shape index (κ1) is 26.4. The first-order valence-corrected chi connectivity index (χ1v) is 14.1. The first-order valence-electron chi connectivity index (χ1n) is 14.1. The number of pyridine rings is 3. The van der Waals surface area contributed by atoms with Gasteiger partial charge in [-0.15, -0.1) is 0 Å². The molecule has 0 unspecified atom stereocenters. The molecular weight excluding hydrogens is 534 g/mol. The highest BCUT2D eigenvalue weighted by Gasteiger charge is 2.38. The minimum absolute atomic E-state index is 0.0296. The number of fused-ring (bicyclic) bond motifs is 2. The van der Waals surface area contributed by atoms with Crippen LogP contribution >= 0.6 is 0 Å². The van der Waals surface area contributed by atoms with Crippen LogP contribution in [-0.2, 0) is 13.0 Å². The van der Waals surface area contributed by atoms with Crippen LogP contribution in [0.15, 0.2) is 83.9 Å². The number of hydrogen-bond donors (Lipinski definition) is 1. The second kappa shape index (κ2) is 10.4. The highest BCUT2D eigenvalue weighted by molar-refractivity contribution is 6.16. The van der Waals surface area contributed by atoms with E-state index < -0.39 is 5.92 Å². The molecule has 3 aromatic heterocycles. The van der Waals surface area contributed by atoms with Gasteiger partial charge in [0.2, 0.25) is 0 Å². The van der Waals surface area contributed by atoms with E-state index in [0.29, 0.717) is 19.5 Å². The molecule has 9 heteroatoms. The van der Waals surface area contributed by atoms with Crippen LogP contribution in [0.3, 0.4) is 0 Å². The first-order chi connectivity index (χ1) is 20.4. The summed E-state index contributed by atoms with van der Waals surface area (Å²) in [6, 6.07) is 16.1. The molecule has 1 atom stereocenters. The number of hydrogen-bond acceptors (Lipinski definition) is 7. The Balaban J connectivity index is 1.16. The number of alkyl halides is 2. The van der Waals surface area contributed by atoms with Gasteiger partial charge in [-0.2, -0.15) is 0 Å². The van der Waals surface area contributed by atoms with Gasteiger partial charge in [-0.25, -0.2) is 18.7 Å². The highest BCUT2D eigenvalue weighted by atomic mass is 19.3. The molecule has 0 aliphatic carbocycles. The van der Waals surface area contributed by atoms with E-state index in [-0.39, 0.29) is 19.0 Å².